The zero-order chi connectivity index (χ0) is 24.5. The van der Waals surface area contributed by atoms with Crippen LogP contribution in [0.4, 0.5) is 0 Å². The lowest BCUT2D eigenvalue weighted by Gasteiger charge is -2.38. The van der Waals surface area contributed by atoms with E-state index in [4.69, 9.17) is 4.74 Å². The molecule has 0 aromatic heterocycles. The number of amides is 2. The summed E-state index contributed by atoms with van der Waals surface area (Å²) in [6.07, 6.45) is 0. The Morgan fingerprint density at radius 2 is 1.53 bits per heavy atom. The molecule has 0 radical (unpaired) electrons. The number of rotatable bonds is 6. The van der Waals surface area contributed by atoms with Gasteiger partial charge in [-0.05, 0) is 18.2 Å². The average Bonchev–Trinajstić information content (AvgIpc) is 2.67. The summed E-state index contributed by atoms with van der Waals surface area (Å²) in [5.74, 6) is 0.219. The highest BCUT2D eigenvalue weighted by Gasteiger charge is 2.38. The Hall–Kier alpha value is -2.53. The molecule has 10 heteroatoms. The van der Waals surface area contributed by atoms with Crippen LogP contribution in [0.5, 0.6) is 5.75 Å². The monoisotopic (exact) mass is 466 g/mol. The van der Waals surface area contributed by atoms with Crippen molar-refractivity contribution in [2.75, 3.05) is 48.5 Å². The number of hydrogen-bond acceptors (Lipinski definition) is 7. The molecule has 0 unspecified atom stereocenters. The molecule has 2 aromatic carbocycles. The van der Waals surface area contributed by atoms with E-state index in [0.29, 0.717) is 28.8 Å². The number of carbonyl (C=O) groups excluding carboxylic acids is 2. The number of ether oxygens (including phenoxy) is 1. The number of imide groups is 1. The third kappa shape index (κ3) is 6.04. The van der Waals surface area contributed by atoms with Gasteiger partial charge < -0.3 is 13.8 Å². The molecule has 1 heterocycles. The molecule has 1 aliphatic heterocycles. The molecule has 3 rings (SSSR count). The van der Waals surface area contributed by atoms with Gasteiger partial charge >= 0.3 is 0 Å². The van der Waals surface area contributed by atoms with E-state index in [-0.39, 0.29) is 17.2 Å². The number of carbonyl (C=O) groups is 2. The quantitative estimate of drug-likeness (QED) is 0.278. The zero-order valence-corrected chi connectivity index (χ0v) is 20.3. The van der Waals surface area contributed by atoms with Crippen LogP contribution in [-0.4, -0.2) is 82.6 Å². The molecule has 2 amide bonds. The minimum absolute atomic E-state index is 0.193. The van der Waals surface area contributed by atoms with E-state index in [1.165, 1.54) is 4.90 Å². The van der Waals surface area contributed by atoms with Crippen LogP contribution in [0, 0.1) is 5.41 Å². The first-order valence-electron chi connectivity index (χ1n) is 9.88. The molecule has 9 nitrogen and oxygen atoms in total. The minimum Gasteiger partial charge on any atom is -0.726 e. The number of hydrogen-bond donors (Lipinski definition) is 0. The molecule has 0 spiro atoms. The lowest BCUT2D eigenvalue weighted by Crippen LogP contribution is -2.51. The van der Waals surface area contributed by atoms with Gasteiger partial charge in [0.15, 0.2) is 0 Å². The van der Waals surface area contributed by atoms with Crippen LogP contribution in [0.15, 0.2) is 30.3 Å². The van der Waals surface area contributed by atoms with Gasteiger partial charge in [-0.15, -0.1) is 0 Å². The van der Waals surface area contributed by atoms with E-state index in [2.05, 4.69) is 39.2 Å². The summed E-state index contributed by atoms with van der Waals surface area (Å²) < 4.78 is 37.2. The molecule has 32 heavy (non-hydrogen) atoms. The first-order chi connectivity index (χ1) is 14.6. The lowest BCUT2D eigenvalue weighted by atomic mass is 9.88. The lowest BCUT2D eigenvalue weighted by molar-refractivity contribution is -0.876. The summed E-state index contributed by atoms with van der Waals surface area (Å²) >= 11 is 0. The molecular formula is C22H30N2O7S. The van der Waals surface area contributed by atoms with Gasteiger partial charge in [-0.25, -0.2) is 8.42 Å². The Morgan fingerprint density at radius 1 is 1.00 bits per heavy atom. The first-order valence-corrected chi connectivity index (χ1v) is 11.2. The van der Waals surface area contributed by atoms with Crippen LogP contribution in [0.1, 0.15) is 34.6 Å². The second kappa shape index (κ2) is 9.14. The summed E-state index contributed by atoms with van der Waals surface area (Å²) in [6.45, 7) is 5.44. The van der Waals surface area contributed by atoms with Crippen molar-refractivity contribution in [1.82, 2.24) is 4.90 Å². The Kier molecular flexibility index (Phi) is 7.35. The smallest absolute Gasteiger partial charge is 0.261 e. The highest BCUT2D eigenvalue weighted by molar-refractivity contribution is 7.80. The average molecular weight is 467 g/mol. The van der Waals surface area contributed by atoms with Gasteiger partial charge in [0.2, 0.25) is 10.4 Å². The van der Waals surface area contributed by atoms with Crippen LogP contribution in [-0.2, 0) is 14.6 Å². The number of methoxy groups -OCH3 is 1. The SMILES string of the molecule is COS(=O)(=O)[O-].COc1ccc2c3c(cccc13)C(=O)N(CC(C)(C)C[N+](C)(C)C)C2=O. The molecule has 0 N–H and O–H groups in total. The molecule has 0 bridgehead atoms. The Balaban J connectivity index is 0.000000534. The van der Waals surface area contributed by atoms with Gasteiger partial charge in [0.25, 0.3) is 11.8 Å². The molecule has 0 saturated carbocycles. The third-order valence-electron chi connectivity index (χ3n) is 4.86. The predicted molar refractivity (Wildman–Crippen MR) is 119 cm³/mol. The Bertz CT molecular complexity index is 1110. The van der Waals surface area contributed by atoms with Crippen molar-refractivity contribution in [2.45, 2.75) is 13.8 Å². The first kappa shape index (κ1) is 25.7. The maximum Gasteiger partial charge on any atom is 0.261 e. The van der Waals surface area contributed by atoms with E-state index < -0.39 is 10.4 Å². The number of quaternary nitrogens is 1. The number of benzene rings is 2. The Morgan fingerprint density at radius 3 is 2.00 bits per heavy atom. The van der Waals surface area contributed by atoms with Crippen molar-refractivity contribution in [3.05, 3.63) is 41.5 Å². The van der Waals surface area contributed by atoms with Crippen molar-refractivity contribution >= 4 is 33.0 Å². The zero-order valence-electron chi connectivity index (χ0n) is 19.5. The van der Waals surface area contributed by atoms with Crippen molar-refractivity contribution < 1.29 is 36.0 Å². The van der Waals surface area contributed by atoms with Crippen molar-refractivity contribution in [3.63, 3.8) is 0 Å². The highest BCUT2D eigenvalue weighted by atomic mass is 32.3. The fourth-order valence-electron chi connectivity index (χ4n) is 4.20. The van der Waals surface area contributed by atoms with E-state index in [0.717, 1.165) is 23.5 Å². The van der Waals surface area contributed by atoms with Gasteiger partial charge in [-0.1, -0.05) is 26.0 Å². The molecule has 0 saturated heterocycles. The van der Waals surface area contributed by atoms with Gasteiger partial charge in [0.1, 0.15) is 5.75 Å². The maximum atomic E-state index is 13.1. The second-order valence-electron chi connectivity index (χ2n) is 9.43. The minimum atomic E-state index is -4.41. The van der Waals surface area contributed by atoms with Crippen molar-refractivity contribution in [3.8, 4) is 5.75 Å². The summed E-state index contributed by atoms with van der Waals surface area (Å²) in [5.41, 5.74) is 0.940. The van der Waals surface area contributed by atoms with E-state index >= 15 is 0 Å². The molecule has 2 aromatic rings. The standard InChI is InChI=1S/C21H27N2O3.CH4O4S/c1-21(2,13-23(3,4)5)12-22-19(24)15-9-7-8-14-17(26-6)11-10-16(18(14)15)20(22)25;1-5-6(2,3)4/h7-11H,12-13H2,1-6H3;1H3,(H,2,3,4)/q+1;/p-1. The normalized spacial score (nSPS) is 14.3. The highest BCUT2D eigenvalue weighted by Crippen LogP contribution is 2.36. The predicted octanol–water partition coefficient (Wildman–Crippen LogP) is 2.27. The van der Waals surface area contributed by atoms with Crippen LogP contribution in [0.3, 0.4) is 0 Å². The summed E-state index contributed by atoms with van der Waals surface area (Å²) in [4.78, 5) is 27.6. The molecular weight excluding hydrogens is 436 g/mol. The van der Waals surface area contributed by atoms with Crippen molar-refractivity contribution in [1.29, 1.82) is 0 Å². The van der Waals surface area contributed by atoms with E-state index in [1.54, 1.807) is 25.3 Å². The van der Waals surface area contributed by atoms with Gasteiger partial charge in [-0.2, -0.15) is 0 Å². The maximum absolute atomic E-state index is 13.1. The number of nitrogens with zero attached hydrogens (tertiary/aromatic N) is 2. The third-order valence-corrected chi connectivity index (χ3v) is 5.27. The van der Waals surface area contributed by atoms with Gasteiger partial charge in [0.05, 0.1) is 41.9 Å². The Labute approximate surface area is 189 Å². The molecule has 0 aliphatic carbocycles. The largest absolute Gasteiger partial charge is 0.726 e. The topological polar surface area (TPSA) is 113 Å². The fraction of sp³-hybridized carbons (Fsp3) is 0.455. The van der Waals surface area contributed by atoms with Crippen LogP contribution < -0.4 is 4.74 Å². The summed E-state index contributed by atoms with van der Waals surface area (Å²) in [5, 5.41) is 1.50. The molecule has 1 aliphatic rings. The summed E-state index contributed by atoms with van der Waals surface area (Å²) in [7, 11) is 4.33. The molecule has 176 valence electrons. The van der Waals surface area contributed by atoms with Crippen LogP contribution >= 0.6 is 0 Å². The van der Waals surface area contributed by atoms with Gasteiger partial charge in [0, 0.05) is 33.9 Å². The van der Waals surface area contributed by atoms with Crippen molar-refractivity contribution in [2.24, 2.45) is 5.41 Å². The van der Waals surface area contributed by atoms with E-state index in [1.807, 2.05) is 12.1 Å². The van der Waals surface area contributed by atoms with E-state index in [9.17, 15) is 22.6 Å². The van der Waals surface area contributed by atoms with Crippen LogP contribution in [0.25, 0.3) is 10.8 Å². The fourth-order valence-corrected chi connectivity index (χ4v) is 4.20. The summed E-state index contributed by atoms with van der Waals surface area (Å²) in [6, 6.07) is 9.08. The van der Waals surface area contributed by atoms with Crippen LogP contribution in [0.2, 0.25) is 0 Å². The second-order valence-corrected chi connectivity index (χ2v) is 10.6. The van der Waals surface area contributed by atoms with Gasteiger partial charge in [-0.3, -0.25) is 18.7 Å². The molecule has 0 fully saturated rings. The molecule has 0 atom stereocenters.